The van der Waals surface area contributed by atoms with E-state index in [1.807, 2.05) is 0 Å². The second kappa shape index (κ2) is 6.80. The van der Waals surface area contributed by atoms with Crippen LogP contribution in [0.1, 0.15) is 5.56 Å². The molecule has 0 aliphatic heterocycles. The molecule has 2 aromatic rings. The first-order valence-electron chi connectivity index (χ1n) is 6.24. The zero-order valence-electron chi connectivity index (χ0n) is 11.2. The van der Waals surface area contributed by atoms with Gasteiger partial charge in [-0.1, -0.05) is 36.4 Å². The normalized spacial score (nSPS) is 11.4. The van der Waals surface area contributed by atoms with E-state index >= 15 is 0 Å². The summed E-state index contributed by atoms with van der Waals surface area (Å²) in [6.07, 6.45) is -2.56. The molecular weight excluding hydrogens is 297 g/mol. The first kappa shape index (κ1) is 15.6. The molecule has 0 amide bonds. The maximum Gasteiger partial charge on any atom is 0.573 e. The monoisotopic (exact) mass is 308 g/mol. The summed E-state index contributed by atoms with van der Waals surface area (Å²) in [5.41, 5.74) is 0.116. The van der Waals surface area contributed by atoms with E-state index in [-0.39, 0.29) is 5.56 Å². The van der Waals surface area contributed by atoms with Gasteiger partial charge in [-0.15, -0.1) is 13.2 Å². The van der Waals surface area contributed by atoms with Crippen LogP contribution in [0.5, 0.6) is 11.5 Å². The molecule has 114 valence electrons. The van der Waals surface area contributed by atoms with Gasteiger partial charge in [0.2, 0.25) is 0 Å². The van der Waals surface area contributed by atoms with E-state index in [2.05, 4.69) is 4.74 Å². The van der Waals surface area contributed by atoms with Crippen molar-refractivity contribution in [1.29, 1.82) is 0 Å². The predicted molar refractivity (Wildman–Crippen MR) is 74.2 cm³/mol. The van der Waals surface area contributed by atoms with E-state index in [9.17, 15) is 18.0 Å². The zero-order valence-corrected chi connectivity index (χ0v) is 11.2. The molecule has 0 aliphatic carbocycles. The van der Waals surface area contributed by atoms with E-state index in [1.165, 1.54) is 24.3 Å². The Labute approximate surface area is 124 Å². The van der Waals surface area contributed by atoms with Crippen LogP contribution in [-0.2, 0) is 4.79 Å². The van der Waals surface area contributed by atoms with E-state index in [1.54, 1.807) is 30.3 Å². The summed E-state index contributed by atoms with van der Waals surface area (Å²) < 4.78 is 45.7. The number of benzene rings is 2. The number of hydrogen-bond donors (Lipinski definition) is 0. The molecule has 2 aromatic carbocycles. The van der Waals surface area contributed by atoms with Crippen molar-refractivity contribution in [2.45, 2.75) is 6.36 Å². The summed E-state index contributed by atoms with van der Waals surface area (Å²) in [6.45, 7) is 0. The van der Waals surface area contributed by atoms with E-state index in [0.717, 1.165) is 12.1 Å². The number of alkyl halides is 3. The highest BCUT2D eigenvalue weighted by molar-refractivity contribution is 5.89. The molecule has 3 nitrogen and oxygen atoms in total. The lowest BCUT2D eigenvalue weighted by molar-refractivity contribution is -0.274. The van der Waals surface area contributed by atoms with Crippen LogP contribution in [0.25, 0.3) is 6.08 Å². The van der Waals surface area contributed by atoms with Gasteiger partial charge in [0, 0.05) is 11.6 Å². The lowest BCUT2D eigenvalue weighted by atomic mass is 10.2. The minimum Gasteiger partial charge on any atom is -0.423 e. The van der Waals surface area contributed by atoms with Crippen LogP contribution in [0.3, 0.4) is 0 Å². The molecule has 0 atom stereocenters. The fourth-order valence-electron chi connectivity index (χ4n) is 1.63. The molecule has 0 bridgehead atoms. The van der Waals surface area contributed by atoms with Gasteiger partial charge in [-0.2, -0.15) is 0 Å². The SMILES string of the molecule is O=C(/C=C/c1ccccc1OC(F)(F)F)Oc1ccccc1. The van der Waals surface area contributed by atoms with Gasteiger partial charge in [0.15, 0.2) is 0 Å². The largest absolute Gasteiger partial charge is 0.573 e. The van der Waals surface area contributed by atoms with Crippen molar-refractivity contribution in [1.82, 2.24) is 0 Å². The average Bonchev–Trinajstić information content (AvgIpc) is 2.46. The van der Waals surface area contributed by atoms with Gasteiger partial charge in [0.25, 0.3) is 0 Å². The van der Waals surface area contributed by atoms with E-state index in [4.69, 9.17) is 4.74 Å². The third-order valence-electron chi connectivity index (χ3n) is 2.51. The summed E-state index contributed by atoms with van der Waals surface area (Å²) in [5.74, 6) is -0.747. The summed E-state index contributed by atoms with van der Waals surface area (Å²) in [4.78, 5) is 11.6. The van der Waals surface area contributed by atoms with E-state index in [0.29, 0.717) is 5.75 Å². The number of esters is 1. The van der Waals surface area contributed by atoms with Gasteiger partial charge >= 0.3 is 12.3 Å². The highest BCUT2D eigenvalue weighted by Crippen LogP contribution is 2.27. The Morgan fingerprint density at radius 2 is 1.59 bits per heavy atom. The minimum absolute atomic E-state index is 0.116. The van der Waals surface area contributed by atoms with Crippen molar-refractivity contribution >= 4 is 12.0 Å². The molecule has 0 heterocycles. The molecule has 0 fully saturated rings. The van der Waals surface area contributed by atoms with Crippen molar-refractivity contribution in [3.8, 4) is 11.5 Å². The van der Waals surface area contributed by atoms with Crippen LogP contribution in [0.15, 0.2) is 60.7 Å². The fraction of sp³-hybridized carbons (Fsp3) is 0.0625. The third-order valence-corrected chi connectivity index (χ3v) is 2.51. The lowest BCUT2D eigenvalue weighted by Crippen LogP contribution is -2.17. The Bertz CT molecular complexity index is 664. The van der Waals surface area contributed by atoms with Crippen LogP contribution in [0.4, 0.5) is 13.2 Å². The van der Waals surface area contributed by atoms with Crippen LogP contribution < -0.4 is 9.47 Å². The lowest BCUT2D eigenvalue weighted by Gasteiger charge is -2.10. The van der Waals surface area contributed by atoms with Crippen molar-refractivity contribution in [2.75, 3.05) is 0 Å². The van der Waals surface area contributed by atoms with Gasteiger partial charge in [0.05, 0.1) is 0 Å². The molecule has 0 N–H and O–H groups in total. The Morgan fingerprint density at radius 1 is 0.955 bits per heavy atom. The summed E-state index contributed by atoms with van der Waals surface area (Å²) in [6, 6.07) is 13.8. The second-order valence-corrected chi connectivity index (χ2v) is 4.15. The highest BCUT2D eigenvalue weighted by Gasteiger charge is 2.31. The maximum absolute atomic E-state index is 12.3. The summed E-state index contributed by atoms with van der Waals surface area (Å²) >= 11 is 0. The van der Waals surface area contributed by atoms with Gasteiger partial charge < -0.3 is 9.47 Å². The fourth-order valence-corrected chi connectivity index (χ4v) is 1.63. The smallest absolute Gasteiger partial charge is 0.423 e. The molecule has 2 rings (SSSR count). The zero-order chi connectivity index (χ0) is 16.0. The topological polar surface area (TPSA) is 35.5 Å². The van der Waals surface area contributed by atoms with Gasteiger partial charge in [0.1, 0.15) is 11.5 Å². The number of hydrogen-bond acceptors (Lipinski definition) is 3. The maximum atomic E-state index is 12.3. The third kappa shape index (κ3) is 4.97. The van der Waals surface area contributed by atoms with Crippen LogP contribution >= 0.6 is 0 Å². The summed E-state index contributed by atoms with van der Waals surface area (Å²) in [5, 5.41) is 0. The van der Waals surface area contributed by atoms with Crippen LogP contribution in [-0.4, -0.2) is 12.3 Å². The average molecular weight is 308 g/mol. The molecule has 6 heteroatoms. The molecule has 0 unspecified atom stereocenters. The van der Waals surface area contributed by atoms with Crippen molar-refractivity contribution < 1.29 is 27.4 Å². The Morgan fingerprint density at radius 3 is 2.27 bits per heavy atom. The quantitative estimate of drug-likeness (QED) is 0.482. The molecule has 0 spiro atoms. The molecular formula is C16H11F3O3. The van der Waals surface area contributed by atoms with Gasteiger partial charge in [-0.3, -0.25) is 0 Å². The molecule has 0 saturated heterocycles. The number of carbonyl (C=O) groups excluding carboxylic acids is 1. The number of para-hydroxylation sites is 2. The Kier molecular flexibility index (Phi) is 4.83. The highest BCUT2D eigenvalue weighted by atomic mass is 19.4. The minimum atomic E-state index is -4.80. The van der Waals surface area contributed by atoms with Gasteiger partial charge in [-0.05, 0) is 24.3 Å². The van der Waals surface area contributed by atoms with Crippen molar-refractivity contribution in [3.63, 3.8) is 0 Å². The first-order valence-corrected chi connectivity index (χ1v) is 6.24. The molecule has 0 saturated carbocycles. The summed E-state index contributed by atoms with van der Waals surface area (Å²) in [7, 11) is 0. The standard InChI is InChI=1S/C16H11F3O3/c17-16(18,19)22-14-9-5-4-6-12(14)10-11-15(20)21-13-7-2-1-3-8-13/h1-11H/b11-10+. The van der Waals surface area contributed by atoms with Crippen LogP contribution in [0, 0.1) is 0 Å². The van der Waals surface area contributed by atoms with Gasteiger partial charge in [-0.25, -0.2) is 4.79 Å². The molecule has 0 aromatic heterocycles. The number of ether oxygens (including phenoxy) is 2. The molecule has 22 heavy (non-hydrogen) atoms. The molecule has 0 radical (unpaired) electrons. The first-order chi connectivity index (χ1) is 10.4. The number of halogens is 3. The second-order valence-electron chi connectivity index (χ2n) is 4.15. The van der Waals surface area contributed by atoms with Crippen LogP contribution in [0.2, 0.25) is 0 Å². The van der Waals surface area contributed by atoms with Crippen molar-refractivity contribution in [2.24, 2.45) is 0 Å². The predicted octanol–water partition coefficient (Wildman–Crippen LogP) is 4.20. The number of carbonyl (C=O) groups is 1. The Hall–Kier alpha value is -2.76. The molecule has 0 aliphatic rings. The van der Waals surface area contributed by atoms with E-state index < -0.39 is 18.1 Å². The number of rotatable bonds is 4. The Balaban J connectivity index is 2.08. The van der Waals surface area contributed by atoms with Crippen molar-refractivity contribution in [3.05, 3.63) is 66.2 Å².